The molecule has 3 aromatic rings. The van der Waals surface area contributed by atoms with Crippen LogP contribution < -0.4 is 4.72 Å². The number of nitrogens with zero attached hydrogens (tertiary/aromatic N) is 3. The fourth-order valence-electron chi connectivity index (χ4n) is 4.59. The molecule has 2 saturated carbocycles. The number of carbonyl (C=O) groups is 1. The molecule has 2 aromatic heterocycles. The van der Waals surface area contributed by atoms with Crippen molar-refractivity contribution in [1.29, 1.82) is 0 Å². The monoisotopic (exact) mass is 638 g/mol. The van der Waals surface area contributed by atoms with Crippen LogP contribution in [0.2, 0.25) is 10.0 Å². The first-order valence-corrected chi connectivity index (χ1v) is 15.4. The molecule has 2 N–H and O–H groups in total. The zero-order valence-electron chi connectivity index (χ0n) is 20.9. The number of carboxylic acid groups (broad SMARTS) is 1. The second-order valence-corrected chi connectivity index (χ2v) is 13.5. The number of carboxylic acids is 1. The highest BCUT2D eigenvalue weighted by Gasteiger charge is 2.51. The smallest absolute Gasteiger partial charge is 0.404 e. The Morgan fingerprint density at radius 1 is 1.23 bits per heavy atom. The third-order valence-electron chi connectivity index (χ3n) is 7.44. The quantitative estimate of drug-likeness (QED) is 0.281. The molecule has 16 heteroatoms. The van der Waals surface area contributed by atoms with Gasteiger partial charge in [-0.05, 0) is 38.2 Å². The molecule has 5 rings (SSSR count). The molecule has 9 nitrogen and oxygen atoms in total. The Hall–Kier alpha value is -2.26. The van der Waals surface area contributed by atoms with Gasteiger partial charge in [0.15, 0.2) is 5.01 Å². The van der Waals surface area contributed by atoms with Gasteiger partial charge in [-0.1, -0.05) is 55.0 Å². The van der Waals surface area contributed by atoms with Gasteiger partial charge in [-0.15, -0.1) is 21.5 Å². The van der Waals surface area contributed by atoms with Gasteiger partial charge in [0.1, 0.15) is 16.4 Å². The number of sulfonamides is 1. The van der Waals surface area contributed by atoms with Crippen LogP contribution in [-0.4, -0.2) is 46.9 Å². The van der Waals surface area contributed by atoms with Crippen molar-refractivity contribution in [2.24, 2.45) is 5.92 Å². The van der Waals surface area contributed by atoms with Gasteiger partial charge in [-0.3, -0.25) is 4.79 Å². The molecule has 0 saturated heterocycles. The number of rotatable bonds is 9. The second kappa shape index (κ2) is 10.5. The number of aromatic nitrogens is 3. The molecule has 2 aliphatic carbocycles. The van der Waals surface area contributed by atoms with E-state index in [0.717, 1.165) is 43.1 Å². The molecule has 0 radical (unpaired) electrons. The molecule has 1 atom stereocenters. The van der Waals surface area contributed by atoms with E-state index in [2.05, 4.69) is 15.2 Å². The minimum Gasteiger partial charge on any atom is -0.480 e. The van der Waals surface area contributed by atoms with Gasteiger partial charge < -0.3 is 9.52 Å². The zero-order valence-corrected chi connectivity index (χ0v) is 24.0. The van der Waals surface area contributed by atoms with Gasteiger partial charge in [0, 0.05) is 5.56 Å². The summed E-state index contributed by atoms with van der Waals surface area (Å²) < 4.78 is 71.7. The Morgan fingerprint density at radius 3 is 2.48 bits per heavy atom. The summed E-state index contributed by atoms with van der Waals surface area (Å²) in [6.45, 7) is 0.680. The lowest BCUT2D eigenvalue weighted by atomic mass is 9.69. The van der Waals surface area contributed by atoms with Crippen LogP contribution in [0.3, 0.4) is 0 Å². The lowest BCUT2D eigenvalue weighted by molar-refractivity contribution is -0.149. The largest absolute Gasteiger partial charge is 0.480 e. The van der Waals surface area contributed by atoms with Crippen LogP contribution in [0.4, 0.5) is 13.2 Å². The second-order valence-electron chi connectivity index (χ2n) is 10.1. The average Bonchev–Trinajstić information content (AvgIpc) is 3.43. The van der Waals surface area contributed by atoms with Gasteiger partial charge in [0.25, 0.3) is 5.89 Å². The molecular formula is C24H23Cl2F3N4O5S2. The maximum atomic E-state index is 13.0. The van der Waals surface area contributed by atoms with Gasteiger partial charge in [0.2, 0.25) is 15.9 Å². The van der Waals surface area contributed by atoms with Crippen molar-refractivity contribution in [2.75, 3.05) is 0 Å². The van der Waals surface area contributed by atoms with E-state index in [9.17, 15) is 31.5 Å². The Labute approximate surface area is 241 Å². The van der Waals surface area contributed by atoms with Crippen molar-refractivity contribution in [2.45, 2.75) is 74.4 Å². The number of alkyl halides is 3. The molecule has 40 heavy (non-hydrogen) atoms. The van der Waals surface area contributed by atoms with Crippen LogP contribution in [-0.2, 0) is 26.7 Å². The maximum absolute atomic E-state index is 13.0. The van der Waals surface area contributed by atoms with Gasteiger partial charge >= 0.3 is 12.1 Å². The van der Waals surface area contributed by atoms with E-state index in [-0.39, 0.29) is 16.8 Å². The first-order chi connectivity index (χ1) is 18.7. The fourth-order valence-corrected chi connectivity index (χ4v) is 7.79. The van der Waals surface area contributed by atoms with Crippen molar-refractivity contribution in [3.63, 3.8) is 0 Å². The van der Waals surface area contributed by atoms with E-state index in [1.54, 1.807) is 4.72 Å². The Bertz CT molecular complexity index is 1570. The average molecular weight is 640 g/mol. The van der Waals surface area contributed by atoms with Crippen LogP contribution in [0.15, 0.2) is 21.4 Å². The number of hydrogen-bond donors (Lipinski definition) is 2. The summed E-state index contributed by atoms with van der Waals surface area (Å²) in [6, 6.07) is 0.124. The summed E-state index contributed by atoms with van der Waals surface area (Å²) in [7, 11) is -4.65. The van der Waals surface area contributed by atoms with Crippen LogP contribution >= 0.6 is 34.5 Å². The minimum atomic E-state index is -4.80. The van der Waals surface area contributed by atoms with E-state index in [0.29, 0.717) is 53.2 Å². The molecule has 0 aliphatic heterocycles. The van der Waals surface area contributed by atoms with Crippen LogP contribution in [0.5, 0.6) is 0 Å². The third-order valence-corrected chi connectivity index (χ3v) is 11.1. The molecule has 0 bridgehead atoms. The van der Waals surface area contributed by atoms with E-state index >= 15 is 0 Å². The van der Waals surface area contributed by atoms with Crippen molar-refractivity contribution in [3.8, 4) is 21.3 Å². The van der Waals surface area contributed by atoms with Gasteiger partial charge in [-0.25, -0.2) is 13.4 Å². The third kappa shape index (κ3) is 5.24. The van der Waals surface area contributed by atoms with Crippen molar-refractivity contribution in [1.82, 2.24) is 19.9 Å². The Balaban J connectivity index is 1.52. The summed E-state index contributed by atoms with van der Waals surface area (Å²) in [6.07, 6.45) is 0.399. The topological polar surface area (TPSA) is 135 Å². The molecule has 1 aromatic carbocycles. The van der Waals surface area contributed by atoms with E-state index in [4.69, 9.17) is 27.6 Å². The molecule has 0 unspecified atom stereocenters. The lowest BCUT2D eigenvalue weighted by Gasteiger charge is -2.33. The zero-order chi connectivity index (χ0) is 29.0. The van der Waals surface area contributed by atoms with E-state index in [1.165, 1.54) is 6.07 Å². The molecule has 2 heterocycles. The van der Waals surface area contributed by atoms with Crippen molar-refractivity contribution in [3.05, 3.63) is 33.8 Å². The lowest BCUT2D eigenvalue weighted by Crippen LogP contribution is -2.43. The number of halogens is 5. The Kier molecular flexibility index (Phi) is 7.70. The predicted molar refractivity (Wildman–Crippen MR) is 141 cm³/mol. The maximum Gasteiger partial charge on any atom is 0.404 e. The molecule has 216 valence electrons. The first kappa shape index (κ1) is 29.2. The first-order valence-electron chi connectivity index (χ1n) is 12.4. The molecular weight excluding hydrogens is 616 g/mol. The van der Waals surface area contributed by atoms with Gasteiger partial charge in [0.05, 0.1) is 20.6 Å². The number of thiazole rings is 1. The van der Waals surface area contributed by atoms with E-state index < -0.39 is 43.5 Å². The summed E-state index contributed by atoms with van der Waals surface area (Å²) in [5.74, 6) is -0.607. The number of hydrogen-bond acceptors (Lipinski definition) is 8. The van der Waals surface area contributed by atoms with Crippen molar-refractivity contribution < 1.29 is 35.9 Å². The predicted octanol–water partition coefficient (Wildman–Crippen LogP) is 6.24. The normalized spacial score (nSPS) is 18.2. The molecule has 2 aliphatic rings. The SMILES string of the molecule is C[C@H](NS(=O)(=O)c1ccc(-c2sc(-c3nnc(C4(C(=O)O)CCC4)o3)nc2CC2CCC2)c(Cl)c1Cl)C(F)(F)F. The summed E-state index contributed by atoms with van der Waals surface area (Å²) in [5, 5.41) is 17.5. The Morgan fingerprint density at radius 2 is 1.93 bits per heavy atom. The number of benzene rings is 1. The van der Waals surface area contributed by atoms with Crippen LogP contribution in [0.25, 0.3) is 21.3 Å². The fraction of sp³-hybridized carbons (Fsp3) is 0.500. The highest BCUT2D eigenvalue weighted by Crippen LogP contribution is 2.47. The molecule has 0 spiro atoms. The standard InChI is InChI=1S/C24H23Cl2F3N4O5S2/c1-11(24(27,28)29)33-40(36,37)15-7-6-13(16(25)17(15)26)18-14(10-12-4-2-5-12)30-20(39-18)19-31-32-21(38-19)23(22(34)35)8-3-9-23/h6-7,11-12,33H,2-5,8-10H2,1H3,(H,34,35)/t11-/m0/s1. The van der Waals surface area contributed by atoms with Crippen LogP contribution in [0.1, 0.15) is 57.0 Å². The summed E-state index contributed by atoms with van der Waals surface area (Å²) in [5.41, 5.74) is -0.234. The van der Waals surface area contributed by atoms with Gasteiger partial charge in [-0.2, -0.15) is 17.9 Å². The minimum absolute atomic E-state index is 0.00904. The highest BCUT2D eigenvalue weighted by atomic mass is 35.5. The van der Waals surface area contributed by atoms with Crippen molar-refractivity contribution >= 4 is 50.5 Å². The molecule has 2 fully saturated rings. The highest BCUT2D eigenvalue weighted by molar-refractivity contribution is 7.89. The summed E-state index contributed by atoms with van der Waals surface area (Å²) in [4.78, 5) is 16.5. The molecule has 0 amide bonds. The van der Waals surface area contributed by atoms with Crippen LogP contribution in [0, 0.1) is 5.92 Å². The summed E-state index contributed by atoms with van der Waals surface area (Å²) >= 11 is 14.0. The number of aliphatic carboxylic acids is 1. The number of nitrogens with one attached hydrogen (secondary N) is 1. The van der Waals surface area contributed by atoms with E-state index in [1.807, 2.05) is 0 Å².